The van der Waals surface area contributed by atoms with Crippen LogP contribution in [0.4, 0.5) is 0 Å². The van der Waals surface area contributed by atoms with Crippen LogP contribution in [0.2, 0.25) is 0 Å². The first-order valence-electron chi connectivity index (χ1n) is 4.19. The van der Waals surface area contributed by atoms with Crippen LogP contribution in [0, 0.1) is 0 Å². The van der Waals surface area contributed by atoms with Gasteiger partial charge in [0, 0.05) is 12.3 Å². The summed E-state index contributed by atoms with van der Waals surface area (Å²) in [7, 11) is -2.56. The van der Waals surface area contributed by atoms with E-state index in [1.807, 2.05) is 12.2 Å². The number of hydrogen-bond donors (Lipinski definition) is 0. The van der Waals surface area contributed by atoms with E-state index in [4.69, 9.17) is 4.52 Å². The number of carbonyl (C=O) groups is 1. The van der Waals surface area contributed by atoms with Crippen molar-refractivity contribution >= 4 is 13.3 Å². The van der Waals surface area contributed by atoms with E-state index in [1.165, 1.54) is 0 Å². The molecule has 4 nitrogen and oxygen atoms in total. The van der Waals surface area contributed by atoms with Gasteiger partial charge in [0.05, 0.1) is 6.61 Å². The first kappa shape index (κ1) is 10.5. The van der Waals surface area contributed by atoms with Crippen molar-refractivity contribution in [3.05, 3.63) is 12.2 Å². The molecule has 0 aliphatic carbocycles. The lowest BCUT2D eigenvalue weighted by Gasteiger charge is -2.10. The van der Waals surface area contributed by atoms with Crippen molar-refractivity contribution in [1.29, 1.82) is 0 Å². The highest BCUT2D eigenvalue weighted by Gasteiger charge is 2.25. The minimum atomic E-state index is -2.56. The van der Waals surface area contributed by atoms with Gasteiger partial charge in [-0.05, 0) is 6.92 Å². The number of ether oxygens (including phenoxy) is 1. The molecule has 0 saturated carbocycles. The highest BCUT2D eigenvalue weighted by Crippen LogP contribution is 2.49. The van der Waals surface area contributed by atoms with Crippen molar-refractivity contribution in [3.8, 4) is 0 Å². The summed E-state index contributed by atoms with van der Waals surface area (Å²) < 4.78 is 21.3. The average molecular weight is 204 g/mol. The van der Waals surface area contributed by atoms with Gasteiger partial charge in [0.1, 0.15) is 0 Å². The number of carbonyl (C=O) groups excluding carboxylic acids is 1. The second-order valence-electron chi connectivity index (χ2n) is 2.73. The SMILES string of the molecule is CCOC(=O)COP1(=O)CC=CC1. The molecular formula is C8H13O4P. The van der Waals surface area contributed by atoms with E-state index >= 15 is 0 Å². The van der Waals surface area contributed by atoms with E-state index in [-0.39, 0.29) is 6.61 Å². The Bertz CT molecular complexity index is 247. The molecule has 0 aromatic carbocycles. The van der Waals surface area contributed by atoms with Crippen LogP contribution in [0.1, 0.15) is 6.92 Å². The van der Waals surface area contributed by atoms with Gasteiger partial charge in [0.25, 0.3) is 0 Å². The van der Waals surface area contributed by atoms with Crippen LogP contribution in [0.3, 0.4) is 0 Å². The maximum atomic E-state index is 11.6. The van der Waals surface area contributed by atoms with Crippen LogP contribution < -0.4 is 0 Å². The van der Waals surface area contributed by atoms with E-state index in [2.05, 4.69) is 4.74 Å². The van der Waals surface area contributed by atoms with Gasteiger partial charge < -0.3 is 9.26 Å². The van der Waals surface area contributed by atoms with Crippen LogP contribution in [0.15, 0.2) is 12.2 Å². The van der Waals surface area contributed by atoms with Gasteiger partial charge in [0.15, 0.2) is 6.61 Å². The molecule has 0 amide bonds. The molecule has 13 heavy (non-hydrogen) atoms. The van der Waals surface area contributed by atoms with Gasteiger partial charge in [-0.15, -0.1) is 0 Å². The predicted octanol–water partition coefficient (Wildman–Crippen LogP) is 1.41. The number of hydrogen-bond acceptors (Lipinski definition) is 4. The highest BCUT2D eigenvalue weighted by atomic mass is 31.2. The van der Waals surface area contributed by atoms with Gasteiger partial charge in [-0.25, -0.2) is 4.79 Å². The van der Waals surface area contributed by atoms with Crippen LogP contribution in [0.25, 0.3) is 0 Å². The Kier molecular flexibility index (Phi) is 3.70. The van der Waals surface area contributed by atoms with E-state index in [9.17, 15) is 9.36 Å². The van der Waals surface area contributed by atoms with Crippen molar-refractivity contribution in [2.45, 2.75) is 6.92 Å². The Hall–Kier alpha value is -0.600. The van der Waals surface area contributed by atoms with Crippen molar-refractivity contribution in [2.24, 2.45) is 0 Å². The quantitative estimate of drug-likeness (QED) is 0.394. The summed E-state index contributed by atoms with van der Waals surface area (Å²) in [5, 5.41) is 0. The fourth-order valence-electron chi connectivity index (χ4n) is 1.02. The molecule has 0 spiro atoms. The van der Waals surface area contributed by atoms with E-state index in [1.54, 1.807) is 6.92 Å². The summed E-state index contributed by atoms with van der Waals surface area (Å²) in [6.45, 7) is 1.84. The third-order valence-electron chi connectivity index (χ3n) is 1.66. The fraction of sp³-hybridized carbons (Fsp3) is 0.625. The lowest BCUT2D eigenvalue weighted by atomic mass is 10.6. The topological polar surface area (TPSA) is 52.6 Å². The van der Waals surface area contributed by atoms with Crippen LogP contribution >= 0.6 is 7.37 Å². The van der Waals surface area contributed by atoms with E-state index in [0.717, 1.165) is 0 Å². The molecule has 0 aromatic rings. The minimum absolute atomic E-state index is 0.202. The standard InChI is InChI=1S/C8H13O4P/c1-2-11-8(9)7-12-13(10)5-3-4-6-13/h3-4H,2,5-7H2,1H3. The van der Waals surface area contributed by atoms with Crippen molar-refractivity contribution < 1.29 is 18.6 Å². The molecular weight excluding hydrogens is 191 g/mol. The molecule has 0 saturated heterocycles. The van der Waals surface area contributed by atoms with Gasteiger partial charge in [-0.3, -0.25) is 4.57 Å². The van der Waals surface area contributed by atoms with Gasteiger partial charge in [-0.2, -0.15) is 0 Å². The molecule has 1 aliphatic rings. The maximum Gasteiger partial charge on any atom is 0.332 e. The zero-order valence-electron chi connectivity index (χ0n) is 7.56. The summed E-state index contributed by atoms with van der Waals surface area (Å²) in [5.41, 5.74) is 0. The first-order chi connectivity index (χ1) is 6.16. The Labute approximate surface area is 77.4 Å². The van der Waals surface area contributed by atoms with Crippen molar-refractivity contribution in [1.82, 2.24) is 0 Å². The predicted molar refractivity (Wildman–Crippen MR) is 49.1 cm³/mol. The average Bonchev–Trinajstić information content (AvgIpc) is 2.51. The normalized spacial score (nSPS) is 18.8. The first-order valence-corrected chi connectivity index (χ1v) is 6.19. The second kappa shape index (κ2) is 4.58. The molecule has 1 rings (SSSR count). The van der Waals surface area contributed by atoms with Gasteiger partial charge in [0.2, 0.25) is 7.37 Å². The molecule has 5 heteroatoms. The zero-order chi connectivity index (χ0) is 9.73. The number of esters is 1. The molecule has 0 N–H and O–H groups in total. The third-order valence-corrected chi connectivity index (χ3v) is 3.79. The molecule has 0 atom stereocenters. The molecule has 1 heterocycles. The number of rotatable bonds is 4. The van der Waals surface area contributed by atoms with Crippen LogP contribution in [0.5, 0.6) is 0 Å². The summed E-state index contributed by atoms with van der Waals surface area (Å²) in [5.74, 6) is -0.454. The smallest absolute Gasteiger partial charge is 0.332 e. The van der Waals surface area contributed by atoms with Crippen molar-refractivity contribution in [2.75, 3.05) is 25.5 Å². The zero-order valence-corrected chi connectivity index (χ0v) is 8.46. The molecule has 1 aliphatic heterocycles. The second-order valence-corrected chi connectivity index (χ2v) is 5.35. The largest absolute Gasteiger partial charge is 0.464 e. The third kappa shape index (κ3) is 3.33. The van der Waals surface area contributed by atoms with Crippen LogP contribution in [-0.4, -0.2) is 31.5 Å². The molecule has 0 bridgehead atoms. The summed E-state index contributed by atoms with van der Waals surface area (Å²) in [4.78, 5) is 10.9. The summed E-state index contributed by atoms with van der Waals surface area (Å²) >= 11 is 0. The van der Waals surface area contributed by atoms with Gasteiger partial charge >= 0.3 is 5.97 Å². The summed E-state index contributed by atoms with van der Waals surface area (Å²) in [6.07, 6.45) is 4.50. The maximum absolute atomic E-state index is 11.6. The van der Waals surface area contributed by atoms with Gasteiger partial charge in [-0.1, -0.05) is 12.2 Å². The van der Waals surface area contributed by atoms with Crippen molar-refractivity contribution in [3.63, 3.8) is 0 Å². The molecule has 0 fully saturated rings. The Morgan fingerprint density at radius 1 is 1.46 bits per heavy atom. The van der Waals surface area contributed by atoms with Crippen LogP contribution in [-0.2, 0) is 18.6 Å². The minimum Gasteiger partial charge on any atom is -0.464 e. The highest BCUT2D eigenvalue weighted by molar-refractivity contribution is 7.59. The van der Waals surface area contributed by atoms with E-state index in [0.29, 0.717) is 18.9 Å². The molecule has 0 unspecified atom stereocenters. The fourth-order valence-corrected chi connectivity index (χ4v) is 2.66. The molecule has 0 aromatic heterocycles. The Balaban J connectivity index is 2.26. The Morgan fingerprint density at radius 2 is 2.08 bits per heavy atom. The monoisotopic (exact) mass is 204 g/mol. The lowest BCUT2D eigenvalue weighted by molar-refractivity contribution is -0.145. The molecule has 74 valence electrons. The molecule has 0 radical (unpaired) electrons. The summed E-state index contributed by atoms with van der Waals surface area (Å²) in [6, 6.07) is 0. The van der Waals surface area contributed by atoms with E-state index < -0.39 is 13.3 Å². The Morgan fingerprint density at radius 3 is 2.62 bits per heavy atom. The number of allylic oxidation sites excluding steroid dienone is 2. The lowest BCUT2D eigenvalue weighted by Crippen LogP contribution is -2.11.